The Morgan fingerprint density at radius 1 is 1.00 bits per heavy atom. The van der Waals surface area contributed by atoms with Crippen LogP contribution in [0.1, 0.15) is 31.0 Å². The van der Waals surface area contributed by atoms with Crippen molar-refractivity contribution in [3.05, 3.63) is 76.6 Å². The van der Waals surface area contributed by atoms with Crippen molar-refractivity contribution in [1.82, 2.24) is 15.0 Å². The fraction of sp³-hybridized carbons (Fsp3) is 0.250. The van der Waals surface area contributed by atoms with Gasteiger partial charge in [0.2, 0.25) is 9.84 Å². The maximum atomic E-state index is 13.7. The van der Waals surface area contributed by atoms with E-state index in [1.807, 2.05) is 13.8 Å². The van der Waals surface area contributed by atoms with Crippen LogP contribution in [0.4, 0.5) is 0 Å². The SMILES string of the molecule is CCCCc1[nH]c(=O)c(S(=O)(=O)c2ccc(-c3ccncc3C)cn2)c(O)c1-c1c(OC)cccc1OC. The van der Waals surface area contributed by atoms with Crippen LogP contribution in [-0.2, 0) is 16.3 Å². The smallest absolute Gasteiger partial charge is 0.271 e. The Hall–Kier alpha value is -4.18. The first-order valence-corrected chi connectivity index (χ1v) is 13.5. The molecule has 0 spiro atoms. The zero-order valence-corrected chi connectivity index (χ0v) is 22.4. The molecule has 0 bridgehead atoms. The monoisotopic (exact) mass is 535 g/mol. The number of hydrogen-bond donors (Lipinski definition) is 2. The van der Waals surface area contributed by atoms with Crippen LogP contribution in [0.2, 0.25) is 0 Å². The standard InChI is InChI=1S/C28H29N3O6S/c1-5-6-8-20-24(25-21(36-3)9-7-10-22(25)37-4)26(32)27(28(33)31-20)38(34,35)23-12-11-18(16-30-23)19-13-14-29-15-17(19)2/h7,9-16H,5-6,8H2,1-4H3,(H2,31,32,33). The maximum absolute atomic E-state index is 13.7. The Morgan fingerprint density at radius 3 is 2.29 bits per heavy atom. The van der Waals surface area contributed by atoms with Gasteiger partial charge in [-0.15, -0.1) is 0 Å². The third kappa shape index (κ3) is 4.87. The lowest BCUT2D eigenvalue weighted by atomic mass is 9.98. The molecular weight excluding hydrogens is 506 g/mol. The van der Waals surface area contributed by atoms with Crippen molar-refractivity contribution in [2.75, 3.05) is 14.2 Å². The van der Waals surface area contributed by atoms with Crippen molar-refractivity contribution in [2.45, 2.75) is 43.0 Å². The first-order chi connectivity index (χ1) is 18.2. The number of hydrogen-bond acceptors (Lipinski definition) is 8. The van der Waals surface area contributed by atoms with Gasteiger partial charge in [-0.3, -0.25) is 9.78 Å². The third-order valence-corrected chi connectivity index (χ3v) is 8.00. The van der Waals surface area contributed by atoms with Crippen molar-refractivity contribution in [2.24, 2.45) is 0 Å². The van der Waals surface area contributed by atoms with Crippen LogP contribution in [0.3, 0.4) is 0 Å². The van der Waals surface area contributed by atoms with Crippen molar-refractivity contribution < 1.29 is 23.0 Å². The number of ether oxygens (including phenoxy) is 2. The van der Waals surface area contributed by atoms with E-state index in [0.29, 0.717) is 41.2 Å². The average Bonchev–Trinajstić information content (AvgIpc) is 2.91. The topological polar surface area (TPSA) is 131 Å². The Morgan fingerprint density at radius 2 is 1.71 bits per heavy atom. The molecule has 0 saturated heterocycles. The molecule has 0 amide bonds. The molecule has 0 atom stereocenters. The van der Waals surface area contributed by atoms with Crippen LogP contribution in [0.25, 0.3) is 22.3 Å². The van der Waals surface area contributed by atoms with Crippen LogP contribution >= 0.6 is 0 Å². The number of H-pyrrole nitrogens is 1. The molecule has 10 heteroatoms. The van der Waals surface area contributed by atoms with Gasteiger partial charge in [0.1, 0.15) is 17.2 Å². The van der Waals surface area contributed by atoms with E-state index in [2.05, 4.69) is 15.0 Å². The molecule has 38 heavy (non-hydrogen) atoms. The van der Waals surface area contributed by atoms with Crippen LogP contribution in [0.5, 0.6) is 17.2 Å². The zero-order chi connectivity index (χ0) is 27.4. The lowest BCUT2D eigenvalue weighted by Crippen LogP contribution is -2.21. The number of aromatic nitrogens is 3. The number of aromatic amines is 1. The van der Waals surface area contributed by atoms with Gasteiger partial charge < -0.3 is 19.6 Å². The summed E-state index contributed by atoms with van der Waals surface area (Å²) in [6.07, 6.45) is 6.67. The van der Waals surface area contributed by atoms with Crippen molar-refractivity contribution in [3.8, 4) is 39.5 Å². The fourth-order valence-electron chi connectivity index (χ4n) is 4.38. The molecule has 0 radical (unpaired) electrons. The summed E-state index contributed by atoms with van der Waals surface area (Å²) in [5.41, 5.74) is 2.37. The summed E-state index contributed by atoms with van der Waals surface area (Å²) in [5.74, 6) is 0.0181. The normalized spacial score (nSPS) is 11.4. The summed E-state index contributed by atoms with van der Waals surface area (Å²) in [7, 11) is -1.60. The largest absolute Gasteiger partial charge is 0.506 e. The van der Waals surface area contributed by atoms with Gasteiger partial charge in [-0.25, -0.2) is 13.4 Å². The van der Waals surface area contributed by atoms with Gasteiger partial charge in [0, 0.05) is 29.8 Å². The zero-order valence-electron chi connectivity index (χ0n) is 21.6. The number of pyridine rings is 3. The fourth-order valence-corrected chi connectivity index (χ4v) is 5.68. The number of nitrogens with zero attached hydrogens (tertiary/aromatic N) is 2. The predicted octanol–water partition coefficient (Wildman–Crippen LogP) is 4.71. The van der Waals surface area contributed by atoms with E-state index >= 15 is 0 Å². The molecule has 0 unspecified atom stereocenters. The number of aromatic hydroxyl groups is 1. The minimum absolute atomic E-state index is 0.134. The van der Waals surface area contributed by atoms with Gasteiger partial charge >= 0.3 is 0 Å². The van der Waals surface area contributed by atoms with Crippen LogP contribution in [0, 0.1) is 6.92 Å². The number of methoxy groups -OCH3 is 2. The van der Waals surface area contributed by atoms with E-state index in [9.17, 15) is 18.3 Å². The number of unbranched alkanes of at least 4 members (excludes halogenated alkanes) is 1. The summed E-state index contributed by atoms with van der Waals surface area (Å²) in [4.78, 5) is 23.3. The number of rotatable bonds is 9. The van der Waals surface area contributed by atoms with Crippen molar-refractivity contribution in [3.63, 3.8) is 0 Å². The molecular formula is C28H29N3O6S. The van der Waals surface area contributed by atoms with Gasteiger partial charge in [0.05, 0.1) is 25.3 Å². The molecule has 198 valence electrons. The van der Waals surface area contributed by atoms with Crippen molar-refractivity contribution >= 4 is 9.84 Å². The molecule has 3 aromatic heterocycles. The molecule has 0 saturated carbocycles. The van der Waals surface area contributed by atoms with Crippen LogP contribution in [-0.4, -0.2) is 42.7 Å². The lowest BCUT2D eigenvalue weighted by Gasteiger charge is -2.19. The predicted molar refractivity (Wildman–Crippen MR) is 144 cm³/mol. The van der Waals surface area contributed by atoms with Gasteiger partial charge in [0.15, 0.2) is 9.92 Å². The second-order valence-corrected chi connectivity index (χ2v) is 10.5. The first kappa shape index (κ1) is 26.9. The molecule has 9 nitrogen and oxygen atoms in total. The second-order valence-electron chi connectivity index (χ2n) is 8.71. The van der Waals surface area contributed by atoms with Gasteiger partial charge in [-0.2, -0.15) is 0 Å². The van der Waals surface area contributed by atoms with E-state index in [-0.39, 0.29) is 10.6 Å². The quantitative estimate of drug-likeness (QED) is 0.315. The first-order valence-electron chi connectivity index (χ1n) is 12.1. The highest BCUT2D eigenvalue weighted by Crippen LogP contribution is 2.46. The van der Waals surface area contributed by atoms with E-state index in [4.69, 9.17) is 9.47 Å². The summed E-state index contributed by atoms with van der Waals surface area (Å²) in [5, 5.41) is 11.1. The maximum Gasteiger partial charge on any atom is 0.271 e. The van der Waals surface area contributed by atoms with E-state index in [0.717, 1.165) is 17.5 Å². The molecule has 0 aliphatic rings. The molecule has 0 aliphatic heterocycles. The highest BCUT2D eigenvalue weighted by atomic mass is 32.2. The van der Waals surface area contributed by atoms with E-state index < -0.39 is 26.0 Å². The summed E-state index contributed by atoms with van der Waals surface area (Å²) in [6, 6.07) is 9.77. The molecule has 4 rings (SSSR count). The minimum Gasteiger partial charge on any atom is -0.506 e. The highest BCUT2D eigenvalue weighted by Gasteiger charge is 2.32. The molecule has 4 aromatic rings. The van der Waals surface area contributed by atoms with Crippen LogP contribution < -0.4 is 15.0 Å². The summed E-state index contributed by atoms with van der Waals surface area (Å²) >= 11 is 0. The minimum atomic E-state index is -4.52. The third-order valence-electron chi connectivity index (χ3n) is 6.29. The summed E-state index contributed by atoms with van der Waals surface area (Å²) < 4.78 is 38.4. The Bertz CT molecular complexity index is 1610. The Labute approximate surface area is 221 Å². The molecule has 0 fully saturated rings. The summed E-state index contributed by atoms with van der Waals surface area (Å²) in [6.45, 7) is 3.88. The van der Waals surface area contributed by atoms with E-state index in [1.54, 1.807) is 42.7 Å². The molecule has 2 N–H and O–H groups in total. The number of benzene rings is 1. The Kier molecular flexibility index (Phi) is 7.82. The average molecular weight is 536 g/mol. The number of nitrogens with one attached hydrogen (secondary N) is 1. The van der Waals surface area contributed by atoms with Crippen LogP contribution in [0.15, 0.2) is 69.7 Å². The number of sulfone groups is 1. The lowest BCUT2D eigenvalue weighted by molar-refractivity contribution is 0.395. The molecule has 1 aromatic carbocycles. The van der Waals surface area contributed by atoms with Gasteiger partial charge in [-0.1, -0.05) is 19.4 Å². The van der Waals surface area contributed by atoms with Gasteiger partial charge in [-0.05, 0) is 61.2 Å². The number of aryl methyl sites for hydroxylation is 2. The van der Waals surface area contributed by atoms with Crippen molar-refractivity contribution in [1.29, 1.82) is 0 Å². The van der Waals surface area contributed by atoms with Gasteiger partial charge in [0.25, 0.3) is 5.56 Å². The molecule has 3 heterocycles. The highest BCUT2D eigenvalue weighted by molar-refractivity contribution is 7.91. The van der Waals surface area contributed by atoms with E-state index in [1.165, 1.54) is 26.5 Å². The Balaban J connectivity index is 1.93. The second kappa shape index (κ2) is 11.1. The molecule has 0 aliphatic carbocycles.